The lowest BCUT2D eigenvalue weighted by atomic mass is 9.99. The minimum atomic E-state index is -1.01. The molecule has 0 heterocycles. The van der Waals surface area contributed by atoms with E-state index in [1.54, 1.807) is 6.92 Å². The summed E-state index contributed by atoms with van der Waals surface area (Å²) in [5.74, 6) is -1.45. The Bertz CT molecular complexity index is 1050. The summed E-state index contributed by atoms with van der Waals surface area (Å²) in [6.45, 7) is 1.98. The molecule has 0 radical (unpaired) electrons. The van der Waals surface area contributed by atoms with E-state index in [0.29, 0.717) is 17.9 Å². The molecule has 0 unspecified atom stereocenters. The summed E-state index contributed by atoms with van der Waals surface area (Å²) in [6, 6.07) is 23.4. The van der Waals surface area contributed by atoms with E-state index in [0.717, 1.165) is 22.3 Å². The van der Waals surface area contributed by atoms with Crippen LogP contribution in [0.25, 0.3) is 11.1 Å². The molecule has 0 saturated carbocycles. The standard InChI is InChI=1S/C27H28ClNO4/c1-2-33-27(32)24(16-13-19-7-4-3-5-8-19)29-25(26(30)31)17-20-11-14-21(15-12-20)22-9-6-10-23(28)18-22/h3-12,14-15,18,24-25,29H,2,13,16-17H2,1H3,(H,30,31)/t24-,25-/m0/s1. The van der Waals surface area contributed by atoms with Crippen LogP contribution in [0.2, 0.25) is 5.02 Å². The second-order valence-corrected chi connectivity index (χ2v) is 8.23. The van der Waals surface area contributed by atoms with Gasteiger partial charge in [-0.25, -0.2) is 0 Å². The first-order chi connectivity index (χ1) is 16.0. The molecule has 3 aromatic carbocycles. The Morgan fingerprint density at radius 3 is 2.27 bits per heavy atom. The van der Waals surface area contributed by atoms with Gasteiger partial charge < -0.3 is 9.84 Å². The van der Waals surface area contributed by atoms with Crippen molar-refractivity contribution in [3.8, 4) is 11.1 Å². The molecular formula is C27H28ClNO4. The van der Waals surface area contributed by atoms with E-state index in [-0.39, 0.29) is 13.0 Å². The van der Waals surface area contributed by atoms with E-state index < -0.39 is 24.0 Å². The van der Waals surface area contributed by atoms with Crippen LogP contribution in [0, 0.1) is 0 Å². The first-order valence-corrected chi connectivity index (χ1v) is 11.4. The maximum absolute atomic E-state index is 12.5. The maximum Gasteiger partial charge on any atom is 0.323 e. The van der Waals surface area contributed by atoms with Gasteiger partial charge >= 0.3 is 11.9 Å². The molecule has 0 aliphatic rings. The minimum absolute atomic E-state index is 0.241. The lowest BCUT2D eigenvalue weighted by Crippen LogP contribution is -2.49. The molecule has 5 nitrogen and oxygen atoms in total. The zero-order valence-electron chi connectivity index (χ0n) is 18.5. The van der Waals surface area contributed by atoms with Crippen LogP contribution in [0.1, 0.15) is 24.5 Å². The molecular weight excluding hydrogens is 438 g/mol. The first-order valence-electron chi connectivity index (χ1n) is 11.0. The highest BCUT2D eigenvalue weighted by Crippen LogP contribution is 2.23. The van der Waals surface area contributed by atoms with Crippen molar-refractivity contribution in [1.82, 2.24) is 5.32 Å². The highest BCUT2D eigenvalue weighted by molar-refractivity contribution is 6.30. The summed E-state index contributed by atoms with van der Waals surface area (Å²) in [5.41, 5.74) is 3.92. The number of aryl methyl sites for hydroxylation is 1. The predicted molar refractivity (Wildman–Crippen MR) is 130 cm³/mol. The second-order valence-electron chi connectivity index (χ2n) is 7.80. The molecule has 0 bridgehead atoms. The highest BCUT2D eigenvalue weighted by atomic mass is 35.5. The van der Waals surface area contributed by atoms with E-state index in [1.165, 1.54) is 0 Å². The average molecular weight is 466 g/mol. The predicted octanol–water partition coefficient (Wildman–Crippen LogP) is 5.16. The van der Waals surface area contributed by atoms with Crippen LogP contribution in [0.4, 0.5) is 0 Å². The van der Waals surface area contributed by atoms with E-state index in [9.17, 15) is 14.7 Å². The van der Waals surface area contributed by atoms with E-state index >= 15 is 0 Å². The van der Waals surface area contributed by atoms with Crippen molar-refractivity contribution in [2.75, 3.05) is 6.61 Å². The third kappa shape index (κ3) is 7.45. The molecule has 2 N–H and O–H groups in total. The van der Waals surface area contributed by atoms with Crippen molar-refractivity contribution in [1.29, 1.82) is 0 Å². The van der Waals surface area contributed by atoms with Crippen LogP contribution in [-0.4, -0.2) is 35.7 Å². The number of nitrogens with one attached hydrogen (secondary N) is 1. The van der Waals surface area contributed by atoms with Gasteiger partial charge in [0.2, 0.25) is 0 Å². The van der Waals surface area contributed by atoms with Crippen molar-refractivity contribution in [3.63, 3.8) is 0 Å². The number of carbonyl (C=O) groups is 2. The largest absolute Gasteiger partial charge is 0.480 e. The Kier molecular flexibility index (Phi) is 9.04. The Labute approximate surface area is 199 Å². The number of benzene rings is 3. The lowest BCUT2D eigenvalue weighted by molar-refractivity contribution is -0.147. The van der Waals surface area contributed by atoms with Gasteiger partial charge in [0.05, 0.1) is 6.61 Å². The molecule has 0 amide bonds. The van der Waals surface area contributed by atoms with Crippen LogP contribution in [0.5, 0.6) is 0 Å². The van der Waals surface area contributed by atoms with Crippen LogP contribution in [0.15, 0.2) is 78.9 Å². The Morgan fingerprint density at radius 2 is 1.64 bits per heavy atom. The number of esters is 1. The zero-order valence-corrected chi connectivity index (χ0v) is 19.3. The topological polar surface area (TPSA) is 75.6 Å². The fourth-order valence-electron chi connectivity index (χ4n) is 3.67. The fraction of sp³-hybridized carbons (Fsp3) is 0.259. The number of ether oxygens (including phenoxy) is 1. The van der Waals surface area contributed by atoms with E-state index in [2.05, 4.69) is 5.32 Å². The van der Waals surface area contributed by atoms with Gasteiger partial charge in [0.15, 0.2) is 0 Å². The molecule has 0 aliphatic carbocycles. The van der Waals surface area contributed by atoms with Crippen molar-refractivity contribution in [2.24, 2.45) is 0 Å². The van der Waals surface area contributed by atoms with Gasteiger partial charge in [-0.3, -0.25) is 14.9 Å². The average Bonchev–Trinajstić information content (AvgIpc) is 2.82. The number of carboxylic acid groups (broad SMARTS) is 1. The number of carboxylic acids is 1. The molecule has 2 atom stereocenters. The lowest BCUT2D eigenvalue weighted by Gasteiger charge is -2.22. The summed E-state index contributed by atoms with van der Waals surface area (Å²) in [6.07, 6.45) is 1.32. The van der Waals surface area contributed by atoms with Gasteiger partial charge in [-0.15, -0.1) is 0 Å². The third-order valence-electron chi connectivity index (χ3n) is 5.39. The fourth-order valence-corrected chi connectivity index (χ4v) is 3.86. The number of aliphatic carboxylic acids is 1. The van der Waals surface area contributed by atoms with Crippen LogP contribution in [-0.2, 0) is 27.2 Å². The monoisotopic (exact) mass is 465 g/mol. The van der Waals surface area contributed by atoms with E-state index in [4.69, 9.17) is 16.3 Å². The highest BCUT2D eigenvalue weighted by Gasteiger charge is 2.27. The Balaban J connectivity index is 1.70. The molecule has 0 saturated heterocycles. The zero-order chi connectivity index (χ0) is 23.6. The number of rotatable bonds is 11. The first kappa shape index (κ1) is 24.5. The van der Waals surface area contributed by atoms with E-state index in [1.807, 2.05) is 78.9 Å². The van der Waals surface area contributed by atoms with Crippen LogP contribution < -0.4 is 5.32 Å². The Hall–Kier alpha value is -3.15. The molecule has 3 aromatic rings. The second kappa shape index (κ2) is 12.2. The SMILES string of the molecule is CCOC(=O)[C@H](CCc1ccccc1)N[C@@H](Cc1ccc(-c2cccc(Cl)c2)cc1)C(=O)O. The molecule has 0 aliphatic heterocycles. The van der Waals surface area contributed by atoms with Gasteiger partial charge in [-0.1, -0.05) is 78.3 Å². The molecule has 0 aromatic heterocycles. The summed E-state index contributed by atoms with van der Waals surface area (Å²) >= 11 is 6.08. The quantitative estimate of drug-likeness (QED) is 0.383. The van der Waals surface area contributed by atoms with Gasteiger partial charge in [0, 0.05) is 5.02 Å². The summed E-state index contributed by atoms with van der Waals surface area (Å²) in [5, 5.41) is 13.5. The van der Waals surface area contributed by atoms with Crippen molar-refractivity contribution in [3.05, 3.63) is 95.0 Å². The van der Waals surface area contributed by atoms with Gasteiger partial charge in [0.25, 0.3) is 0 Å². The molecule has 3 rings (SSSR count). The normalized spacial score (nSPS) is 12.7. The molecule has 0 spiro atoms. The minimum Gasteiger partial charge on any atom is -0.480 e. The van der Waals surface area contributed by atoms with Gasteiger partial charge in [-0.2, -0.15) is 0 Å². The van der Waals surface area contributed by atoms with Crippen molar-refractivity contribution in [2.45, 2.75) is 38.3 Å². The number of hydrogen-bond donors (Lipinski definition) is 2. The number of halogens is 1. The van der Waals surface area contributed by atoms with Crippen LogP contribution >= 0.6 is 11.6 Å². The maximum atomic E-state index is 12.5. The smallest absolute Gasteiger partial charge is 0.323 e. The van der Waals surface area contributed by atoms with Crippen molar-refractivity contribution < 1.29 is 19.4 Å². The third-order valence-corrected chi connectivity index (χ3v) is 5.62. The molecule has 0 fully saturated rings. The summed E-state index contributed by atoms with van der Waals surface area (Å²) in [4.78, 5) is 24.5. The summed E-state index contributed by atoms with van der Waals surface area (Å²) in [7, 11) is 0. The summed E-state index contributed by atoms with van der Waals surface area (Å²) < 4.78 is 5.19. The number of hydrogen-bond acceptors (Lipinski definition) is 4. The number of carbonyl (C=O) groups excluding carboxylic acids is 1. The Morgan fingerprint density at radius 1 is 0.909 bits per heavy atom. The van der Waals surface area contributed by atoms with Crippen molar-refractivity contribution >= 4 is 23.5 Å². The molecule has 33 heavy (non-hydrogen) atoms. The van der Waals surface area contributed by atoms with Gasteiger partial charge in [0.1, 0.15) is 12.1 Å². The molecule has 6 heteroatoms. The van der Waals surface area contributed by atoms with Crippen LogP contribution in [0.3, 0.4) is 0 Å². The molecule has 172 valence electrons. The van der Waals surface area contributed by atoms with Gasteiger partial charge in [-0.05, 0) is 60.6 Å².